The maximum atomic E-state index is 11.6. The molecule has 0 bridgehead atoms. The number of hydrogen-bond acceptors (Lipinski definition) is 3. The maximum Gasteiger partial charge on any atom is 0.230 e. The molecule has 0 saturated carbocycles. The number of hydrogen-bond donors (Lipinski definition) is 2. The van der Waals surface area contributed by atoms with Crippen LogP contribution in [0.15, 0.2) is 29.2 Å². The minimum Gasteiger partial charge on any atom is -0.396 e. The highest BCUT2D eigenvalue weighted by atomic mass is 35.5. The average molecular weight is 288 g/mol. The second kappa shape index (κ2) is 8.40. The van der Waals surface area contributed by atoms with Crippen molar-refractivity contribution in [3.8, 4) is 0 Å². The number of halogens is 1. The van der Waals surface area contributed by atoms with Crippen molar-refractivity contribution in [2.75, 3.05) is 18.9 Å². The van der Waals surface area contributed by atoms with Gasteiger partial charge in [-0.2, -0.15) is 0 Å². The van der Waals surface area contributed by atoms with Crippen LogP contribution in [0, 0.1) is 5.92 Å². The molecule has 0 radical (unpaired) electrons. The van der Waals surface area contributed by atoms with E-state index in [0.29, 0.717) is 29.7 Å². The number of carbonyl (C=O) groups excluding carboxylic acids is 1. The number of amides is 1. The maximum absolute atomic E-state index is 11.6. The monoisotopic (exact) mass is 287 g/mol. The van der Waals surface area contributed by atoms with Crippen LogP contribution in [-0.4, -0.2) is 29.9 Å². The highest BCUT2D eigenvalue weighted by molar-refractivity contribution is 8.00. The molecule has 0 saturated heterocycles. The summed E-state index contributed by atoms with van der Waals surface area (Å²) in [5.41, 5.74) is 0. The summed E-state index contributed by atoms with van der Waals surface area (Å²) in [6, 6.07) is 7.47. The van der Waals surface area contributed by atoms with Gasteiger partial charge < -0.3 is 10.4 Å². The quantitative estimate of drug-likeness (QED) is 0.758. The van der Waals surface area contributed by atoms with Gasteiger partial charge >= 0.3 is 0 Å². The molecule has 2 N–H and O–H groups in total. The van der Waals surface area contributed by atoms with Crippen LogP contribution >= 0.6 is 23.4 Å². The SMILES string of the molecule is CC(CCO)CNC(=O)CSc1ccccc1Cl. The first-order valence-electron chi connectivity index (χ1n) is 5.88. The summed E-state index contributed by atoms with van der Waals surface area (Å²) < 4.78 is 0. The highest BCUT2D eigenvalue weighted by Crippen LogP contribution is 2.26. The Morgan fingerprint density at radius 3 is 2.89 bits per heavy atom. The lowest BCUT2D eigenvalue weighted by atomic mass is 10.1. The van der Waals surface area contributed by atoms with Gasteiger partial charge in [0, 0.05) is 18.0 Å². The summed E-state index contributed by atoms with van der Waals surface area (Å²) in [6.07, 6.45) is 0.706. The van der Waals surface area contributed by atoms with Crippen LogP contribution in [0.1, 0.15) is 13.3 Å². The minimum atomic E-state index is -0.00953. The molecule has 0 aliphatic heterocycles. The lowest BCUT2D eigenvalue weighted by molar-refractivity contribution is -0.118. The fourth-order valence-electron chi connectivity index (χ4n) is 1.37. The van der Waals surface area contributed by atoms with Gasteiger partial charge in [-0.15, -0.1) is 11.8 Å². The van der Waals surface area contributed by atoms with E-state index in [1.165, 1.54) is 11.8 Å². The van der Waals surface area contributed by atoms with Crippen molar-refractivity contribution in [3.05, 3.63) is 29.3 Å². The van der Waals surface area contributed by atoms with Crippen molar-refractivity contribution >= 4 is 29.3 Å². The van der Waals surface area contributed by atoms with E-state index in [4.69, 9.17) is 16.7 Å². The molecule has 100 valence electrons. The van der Waals surface area contributed by atoms with Gasteiger partial charge in [0.15, 0.2) is 0 Å². The zero-order chi connectivity index (χ0) is 13.4. The van der Waals surface area contributed by atoms with Crippen LogP contribution in [0.3, 0.4) is 0 Å². The topological polar surface area (TPSA) is 49.3 Å². The van der Waals surface area contributed by atoms with Crippen molar-refractivity contribution in [1.29, 1.82) is 0 Å². The number of thioether (sulfide) groups is 1. The fraction of sp³-hybridized carbons (Fsp3) is 0.462. The van der Waals surface area contributed by atoms with Gasteiger partial charge in [0.05, 0.1) is 10.8 Å². The first-order chi connectivity index (χ1) is 8.63. The smallest absolute Gasteiger partial charge is 0.230 e. The Balaban J connectivity index is 2.27. The summed E-state index contributed by atoms with van der Waals surface area (Å²) in [4.78, 5) is 12.5. The first-order valence-corrected chi connectivity index (χ1v) is 7.24. The zero-order valence-electron chi connectivity index (χ0n) is 10.4. The van der Waals surface area contributed by atoms with Crippen LogP contribution < -0.4 is 5.32 Å². The van der Waals surface area contributed by atoms with E-state index in [1.54, 1.807) is 0 Å². The molecule has 1 atom stereocenters. The molecule has 1 rings (SSSR count). The molecule has 1 unspecified atom stereocenters. The van der Waals surface area contributed by atoms with Gasteiger partial charge in [0.1, 0.15) is 0 Å². The summed E-state index contributed by atoms with van der Waals surface area (Å²) >= 11 is 7.42. The molecule has 0 heterocycles. The lowest BCUT2D eigenvalue weighted by Crippen LogP contribution is -2.30. The molecule has 0 aliphatic rings. The Morgan fingerprint density at radius 2 is 2.22 bits per heavy atom. The Labute approximate surface area is 117 Å². The van der Waals surface area contributed by atoms with E-state index < -0.39 is 0 Å². The van der Waals surface area contributed by atoms with Crippen molar-refractivity contribution in [3.63, 3.8) is 0 Å². The third-order valence-corrected chi connectivity index (χ3v) is 3.98. The third-order valence-electron chi connectivity index (χ3n) is 2.47. The minimum absolute atomic E-state index is 0.00953. The molecule has 0 aliphatic carbocycles. The third kappa shape index (κ3) is 5.76. The Morgan fingerprint density at radius 1 is 1.50 bits per heavy atom. The molecule has 0 aromatic heterocycles. The Kier molecular flexibility index (Phi) is 7.16. The average Bonchev–Trinajstić information content (AvgIpc) is 2.36. The summed E-state index contributed by atoms with van der Waals surface area (Å²) in [5, 5.41) is 12.3. The molecule has 3 nitrogen and oxygen atoms in total. The van der Waals surface area contributed by atoms with E-state index in [2.05, 4.69) is 5.32 Å². The largest absolute Gasteiger partial charge is 0.396 e. The summed E-state index contributed by atoms with van der Waals surface area (Å²) in [6.45, 7) is 2.76. The molecule has 18 heavy (non-hydrogen) atoms. The van der Waals surface area contributed by atoms with Crippen LogP contribution in [0.4, 0.5) is 0 Å². The Hall–Kier alpha value is -0.710. The van der Waals surface area contributed by atoms with Crippen molar-refractivity contribution in [2.24, 2.45) is 5.92 Å². The van der Waals surface area contributed by atoms with Crippen molar-refractivity contribution in [2.45, 2.75) is 18.2 Å². The fourth-order valence-corrected chi connectivity index (χ4v) is 2.44. The number of benzene rings is 1. The first kappa shape index (κ1) is 15.3. The summed E-state index contributed by atoms with van der Waals surface area (Å²) in [7, 11) is 0. The standard InChI is InChI=1S/C13H18ClNO2S/c1-10(6-7-16)8-15-13(17)9-18-12-5-3-2-4-11(12)14/h2-5,10,16H,6-9H2,1H3,(H,15,17). The molecule has 1 amide bonds. The van der Waals surface area contributed by atoms with Gasteiger partial charge in [0.2, 0.25) is 5.91 Å². The number of nitrogens with one attached hydrogen (secondary N) is 1. The van der Waals surface area contributed by atoms with E-state index in [-0.39, 0.29) is 12.5 Å². The van der Waals surface area contributed by atoms with Gasteiger partial charge in [-0.3, -0.25) is 4.79 Å². The van der Waals surface area contributed by atoms with Gasteiger partial charge in [0.25, 0.3) is 0 Å². The van der Waals surface area contributed by atoms with Crippen molar-refractivity contribution in [1.82, 2.24) is 5.32 Å². The van der Waals surface area contributed by atoms with Crippen LogP contribution in [-0.2, 0) is 4.79 Å². The van der Waals surface area contributed by atoms with Crippen LogP contribution in [0.25, 0.3) is 0 Å². The van der Waals surface area contributed by atoms with E-state index in [1.807, 2.05) is 31.2 Å². The number of aliphatic hydroxyl groups excluding tert-OH is 1. The lowest BCUT2D eigenvalue weighted by Gasteiger charge is -2.11. The van der Waals surface area contributed by atoms with Gasteiger partial charge in [-0.25, -0.2) is 0 Å². The van der Waals surface area contributed by atoms with Gasteiger partial charge in [-0.1, -0.05) is 30.7 Å². The summed E-state index contributed by atoms with van der Waals surface area (Å²) in [5.74, 6) is 0.643. The van der Waals surface area contributed by atoms with E-state index in [0.717, 1.165) is 4.90 Å². The predicted molar refractivity (Wildman–Crippen MR) is 76.1 cm³/mol. The van der Waals surface area contributed by atoms with Crippen LogP contribution in [0.2, 0.25) is 5.02 Å². The number of aliphatic hydroxyl groups is 1. The normalized spacial score (nSPS) is 12.2. The second-order valence-corrected chi connectivity index (χ2v) is 5.57. The molecule has 0 spiro atoms. The zero-order valence-corrected chi connectivity index (χ0v) is 11.9. The van der Waals surface area contributed by atoms with Crippen LogP contribution in [0.5, 0.6) is 0 Å². The number of carbonyl (C=O) groups is 1. The predicted octanol–water partition coefficient (Wildman–Crippen LogP) is 2.57. The molecule has 5 heteroatoms. The molecular weight excluding hydrogens is 270 g/mol. The number of rotatable bonds is 7. The highest BCUT2D eigenvalue weighted by Gasteiger charge is 2.07. The van der Waals surface area contributed by atoms with Crippen molar-refractivity contribution < 1.29 is 9.90 Å². The second-order valence-electron chi connectivity index (χ2n) is 4.14. The van der Waals surface area contributed by atoms with E-state index >= 15 is 0 Å². The molecule has 1 aromatic rings. The molecular formula is C13H18ClNO2S. The Bertz CT molecular complexity index is 387. The van der Waals surface area contributed by atoms with E-state index in [9.17, 15) is 4.79 Å². The molecule has 0 fully saturated rings. The van der Waals surface area contributed by atoms with Gasteiger partial charge in [-0.05, 0) is 24.5 Å². The molecule has 1 aromatic carbocycles.